The van der Waals surface area contributed by atoms with Crippen LogP contribution in [0.25, 0.3) is 21.8 Å². The minimum Gasteiger partial charge on any atom is -0.379 e. The number of amides is 1. The van der Waals surface area contributed by atoms with Gasteiger partial charge < -0.3 is 20.4 Å². The number of hydrogen-bond donors (Lipinski definition) is 3. The van der Waals surface area contributed by atoms with Gasteiger partial charge in [-0.1, -0.05) is 6.08 Å². The highest BCUT2D eigenvalue weighted by Gasteiger charge is 2.09. The van der Waals surface area contributed by atoms with E-state index in [0.717, 1.165) is 78.3 Å². The topological polar surface area (TPSA) is 95.2 Å². The molecule has 1 aliphatic heterocycles. The highest BCUT2D eigenvalue weighted by atomic mass is 32.2. The second-order valence-electron chi connectivity index (χ2n) is 8.63. The van der Waals surface area contributed by atoms with E-state index in [2.05, 4.69) is 36.6 Å². The first-order valence-corrected chi connectivity index (χ1v) is 13.3. The van der Waals surface area contributed by atoms with Crippen LogP contribution in [0.2, 0.25) is 0 Å². The Hall–Kier alpha value is -3.40. The molecule has 2 aromatic heterocycles. The summed E-state index contributed by atoms with van der Waals surface area (Å²) in [5, 5.41) is 8.29. The molecule has 3 heterocycles. The second-order valence-corrected chi connectivity index (χ2v) is 9.78. The van der Waals surface area contributed by atoms with Crippen molar-refractivity contribution in [2.75, 3.05) is 55.0 Å². The van der Waals surface area contributed by atoms with Crippen LogP contribution < -0.4 is 10.6 Å². The van der Waals surface area contributed by atoms with Crippen molar-refractivity contribution in [2.24, 2.45) is 0 Å². The Kier molecular flexibility index (Phi) is 8.12. The molecule has 4 aromatic rings. The molecule has 1 amide bonds. The minimum atomic E-state index is -0.146. The Labute approximate surface area is 214 Å². The molecule has 0 spiro atoms. The zero-order valence-corrected chi connectivity index (χ0v) is 20.9. The molecule has 3 N–H and O–H groups in total. The summed E-state index contributed by atoms with van der Waals surface area (Å²) in [7, 11) is 0. The Bertz CT molecular complexity index is 1350. The first-order chi connectivity index (χ1) is 17.7. The Morgan fingerprint density at radius 1 is 1.11 bits per heavy atom. The van der Waals surface area contributed by atoms with Gasteiger partial charge >= 0.3 is 0 Å². The summed E-state index contributed by atoms with van der Waals surface area (Å²) in [4.78, 5) is 26.9. The summed E-state index contributed by atoms with van der Waals surface area (Å²) in [6.07, 6.45) is 8.14. The lowest BCUT2D eigenvalue weighted by Crippen LogP contribution is -2.36. The van der Waals surface area contributed by atoms with Crippen LogP contribution in [0, 0.1) is 0 Å². The highest BCUT2D eigenvalue weighted by molar-refractivity contribution is 7.99. The highest BCUT2D eigenvalue weighted by Crippen LogP contribution is 2.27. The monoisotopic (exact) mass is 502 g/mol. The van der Waals surface area contributed by atoms with Gasteiger partial charge in [0.25, 0.3) is 0 Å². The molecule has 5 rings (SSSR count). The number of carbonyl (C=O) groups excluding carboxylic acids is 1. The van der Waals surface area contributed by atoms with E-state index in [0.29, 0.717) is 11.5 Å². The smallest absolute Gasteiger partial charge is 0.248 e. The number of thioether (sulfide) groups is 1. The fraction of sp³-hybridized carbons (Fsp3) is 0.296. The molecule has 0 bridgehead atoms. The molecule has 186 valence electrons. The average Bonchev–Trinajstić information content (AvgIpc) is 3.37. The number of rotatable bonds is 10. The Morgan fingerprint density at radius 3 is 2.92 bits per heavy atom. The fourth-order valence-electron chi connectivity index (χ4n) is 4.21. The molecule has 1 saturated heterocycles. The SMILES string of the molecule is O=C(C=CCSCCCN1CCOCC1)Nc1ccc2ncnc(Nc3ccc4[nH]ccc4c3)c2c1. The third-order valence-electron chi connectivity index (χ3n) is 6.07. The van der Waals surface area contributed by atoms with E-state index >= 15 is 0 Å². The molecule has 0 unspecified atom stereocenters. The maximum Gasteiger partial charge on any atom is 0.248 e. The summed E-state index contributed by atoms with van der Waals surface area (Å²) in [6.45, 7) is 4.87. The zero-order chi connectivity index (χ0) is 24.6. The number of benzene rings is 2. The van der Waals surface area contributed by atoms with Crippen LogP contribution in [-0.4, -0.2) is 70.1 Å². The van der Waals surface area contributed by atoms with Crippen LogP contribution >= 0.6 is 11.8 Å². The van der Waals surface area contributed by atoms with Crippen LogP contribution in [-0.2, 0) is 9.53 Å². The van der Waals surface area contributed by atoms with Crippen molar-refractivity contribution in [2.45, 2.75) is 6.42 Å². The number of ether oxygens (including phenoxy) is 1. The molecular formula is C27H30N6O2S. The van der Waals surface area contributed by atoms with Crippen LogP contribution in [0.15, 0.2) is 67.1 Å². The average molecular weight is 503 g/mol. The van der Waals surface area contributed by atoms with Crippen molar-refractivity contribution in [1.82, 2.24) is 19.9 Å². The third-order valence-corrected chi connectivity index (χ3v) is 7.07. The van der Waals surface area contributed by atoms with Crippen LogP contribution in [0.5, 0.6) is 0 Å². The molecule has 9 heteroatoms. The lowest BCUT2D eigenvalue weighted by molar-refractivity contribution is -0.111. The van der Waals surface area contributed by atoms with Crippen LogP contribution in [0.1, 0.15) is 6.42 Å². The summed E-state index contributed by atoms with van der Waals surface area (Å²) in [6, 6.07) is 13.8. The third kappa shape index (κ3) is 6.42. The molecule has 0 aliphatic carbocycles. The minimum absolute atomic E-state index is 0.146. The molecule has 1 aliphatic rings. The van der Waals surface area contributed by atoms with E-state index in [-0.39, 0.29) is 5.91 Å². The molecule has 2 aromatic carbocycles. The molecule has 0 atom stereocenters. The van der Waals surface area contributed by atoms with Gasteiger partial charge in [0.1, 0.15) is 12.1 Å². The van der Waals surface area contributed by atoms with E-state index < -0.39 is 0 Å². The standard InChI is InChI=1S/C27H30N6O2S/c34-26(3-1-15-36-16-2-10-33-11-13-35-14-12-33)31-22-5-7-25-23(18-22)27(30-19-29-25)32-21-4-6-24-20(17-21)8-9-28-24/h1,3-9,17-19,28H,2,10-16H2,(H,31,34)(H,29,30,32). The number of carbonyl (C=O) groups is 1. The van der Waals surface area contributed by atoms with E-state index in [1.54, 1.807) is 12.4 Å². The van der Waals surface area contributed by atoms with Crippen molar-refractivity contribution in [1.29, 1.82) is 0 Å². The zero-order valence-electron chi connectivity index (χ0n) is 20.1. The largest absolute Gasteiger partial charge is 0.379 e. The van der Waals surface area contributed by atoms with Gasteiger partial charge in [0.2, 0.25) is 5.91 Å². The predicted molar refractivity (Wildman–Crippen MR) is 148 cm³/mol. The lowest BCUT2D eigenvalue weighted by Gasteiger charge is -2.26. The number of nitrogens with zero attached hydrogens (tertiary/aromatic N) is 3. The van der Waals surface area contributed by atoms with Crippen LogP contribution in [0.3, 0.4) is 0 Å². The number of hydrogen-bond acceptors (Lipinski definition) is 7. The first-order valence-electron chi connectivity index (χ1n) is 12.2. The number of H-pyrrole nitrogens is 1. The van der Waals surface area contributed by atoms with Gasteiger partial charge in [-0.25, -0.2) is 9.97 Å². The second kappa shape index (κ2) is 12.0. The first kappa shape index (κ1) is 24.3. The normalized spacial score (nSPS) is 14.6. The van der Waals surface area contributed by atoms with E-state index in [1.807, 2.05) is 60.4 Å². The van der Waals surface area contributed by atoms with Crippen molar-refractivity contribution < 1.29 is 9.53 Å². The van der Waals surface area contributed by atoms with Crippen molar-refractivity contribution in [3.63, 3.8) is 0 Å². The number of aromatic nitrogens is 3. The van der Waals surface area contributed by atoms with Gasteiger partial charge in [-0.05, 0) is 61.2 Å². The van der Waals surface area contributed by atoms with Crippen molar-refractivity contribution in [3.8, 4) is 0 Å². The number of aromatic amines is 1. The fourth-order valence-corrected chi connectivity index (χ4v) is 4.94. The number of anilines is 3. The number of fused-ring (bicyclic) bond motifs is 2. The van der Waals surface area contributed by atoms with Gasteiger partial charge in [-0.2, -0.15) is 11.8 Å². The van der Waals surface area contributed by atoms with Crippen LogP contribution in [0.4, 0.5) is 17.2 Å². The molecule has 1 fully saturated rings. The van der Waals surface area contributed by atoms with Crippen molar-refractivity contribution >= 4 is 56.7 Å². The number of morpholine rings is 1. The predicted octanol–water partition coefficient (Wildman–Crippen LogP) is 4.80. The maximum atomic E-state index is 12.4. The van der Waals surface area contributed by atoms with Gasteiger partial charge in [0, 0.05) is 58.8 Å². The van der Waals surface area contributed by atoms with E-state index in [4.69, 9.17) is 4.74 Å². The molecule has 36 heavy (non-hydrogen) atoms. The van der Waals surface area contributed by atoms with E-state index in [1.165, 1.54) is 0 Å². The van der Waals surface area contributed by atoms with Gasteiger partial charge in [0.15, 0.2) is 0 Å². The molecular weight excluding hydrogens is 472 g/mol. The maximum absolute atomic E-state index is 12.4. The number of nitrogens with one attached hydrogen (secondary N) is 3. The Balaban J connectivity index is 1.14. The van der Waals surface area contributed by atoms with Gasteiger partial charge in [-0.3, -0.25) is 9.69 Å². The quantitative estimate of drug-likeness (QED) is 0.212. The lowest BCUT2D eigenvalue weighted by atomic mass is 10.2. The van der Waals surface area contributed by atoms with Gasteiger partial charge in [0.05, 0.1) is 18.7 Å². The summed E-state index contributed by atoms with van der Waals surface area (Å²) in [5.74, 6) is 2.45. The summed E-state index contributed by atoms with van der Waals surface area (Å²) in [5.41, 5.74) is 3.52. The van der Waals surface area contributed by atoms with E-state index in [9.17, 15) is 4.79 Å². The molecule has 0 radical (unpaired) electrons. The van der Waals surface area contributed by atoms with Crippen molar-refractivity contribution in [3.05, 3.63) is 67.1 Å². The summed E-state index contributed by atoms with van der Waals surface area (Å²) >= 11 is 1.84. The molecule has 0 saturated carbocycles. The summed E-state index contributed by atoms with van der Waals surface area (Å²) < 4.78 is 5.38. The molecule has 8 nitrogen and oxygen atoms in total. The van der Waals surface area contributed by atoms with Gasteiger partial charge in [-0.15, -0.1) is 0 Å². The Morgan fingerprint density at radius 2 is 2.00 bits per heavy atom.